The molecule has 2 aliphatic rings. The van der Waals surface area contributed by atoms with Gasteiger partial charge in [0.2, 0.25) is 5.91 Å². The molecule has 0 atom stereocenters. The van der Waals surface area contributed by atoms with Gasteiger partial charge in [-0.25, -0.2) is 0 Å². The van der Waals surface area contributed by atoms with Gasteiger partial charge in [0.15, 0.2) is 0 Å². The van der Waals surface area contributed by atoms with Crippen molar-refractivity contribution in [3.63, 3.8) is 0 Å². The van der Waals surface area contributed by atoms with E-state index in [0.717, 1.165) is 26.2 Å². The molecule has 0 aliphatic carbocycles. The Bertz CT molecular complexity index is 608. The number of piperazine rings is 1. The molecule has 3 amide bonds. The maximum Gasteiger partial charge on any atom is 0.259 e. The lowest BCUT2D eigenvalue weighted by atomic mass is 10.1. The Morgan fingerprint density at radius 1 is 1.14 bits per heavy atom. The van der Waals surface area contributed by atoms with E-state index in [4.69, 9.17) is 0 Å². The van der Waals surface area contributed by atoms with Crippen LogP contribution in [-0.4, -0.2) is 55.3 Å². The summed E-state index contributed by atoms with van der Waals surface area (Å²) >= 11 is 0. The summed E-state index contributed by atoms with van der Waals surface area (Å²) in [6.07, 6.45) is 0. The van der Waals surface area contributed by atoms with Crippen LogP contribution >= 0.6 is 0 Å². The van der Waals surface area contributed by atoms with Gasteiger partial charge >= 0.3 is 0 Å². The van der Waals surface area contributed by atoms with E-state index in [9.17, 15) is 14.4 Å². The number of amides is 3. The monoisotopic (exact) mass is 288 g/mol. The number of carbonyl (C=O) groups is 3. The summed E-state index contributed by atoms with van der Waals surface area (Å²) in [4.78, 5) is 37.1. The van der Waals surface area contributed by atoms with Gasteiger partial charge in [0.05, 0.1) is 17.7 Å². The fourth-order valence-electron chi connectivity index (χ4n) is 2.52. The quantitative estimate of drug-likeness (QED) is 0.647. The molecule has 2 heterocycles. The zero-order valence-corrected chi connectivity index (χ0v) is 11.4. The van der Waals surface area contributed by atoms with Gasteiger partial charge in [-0.1, -0.05) is 0 Å². The molecule has 1 aromatic carbocycles. The van der Waals surface area contributed by atoms with Crippen molar-refractivity contribution in [3.05, 3.63) is 29.3 Å². The summed E-state index contributed by atoms with van der Waals surface area (Å²) in [5, 5.41) is 8.21. The van der Waals surface area contributed by atoms with Crippen LogP contribution in [0.15, 0.2) is 18.2 Å². The lowest BCUT2D eigenvalue weighted by molar-refractivity contribution is -0.117. The second kappa shape index (κ2) is 5.63. The van der Waals surface area contributed by atoms with Crippen LogP contribution in [0.3, 0.4) is 0 Å². The smallest absolute Gasteiger partial charge is 0.259 e. The number of fused-ring (bicyclic) bond motifs is 1. The highest BCUT2D eigenvalue weighted by atomic mass is 16.2. The van der Waals surface area contributed by atoms with Crippen LogP contribution in [-0.2, 0) is 4.79 Å². The Kier molecular flexibility index (Phi) is 3.68. The van der Waals surface area contributed by atoms with Crippen molar-refractivity contribution in [2.45, 2.75) is 0 Å². The first-order valence-corrected chi connectivity index (χ1v) is 6.86. The van der Waals surface area contributed by atoms with Crippen molar-refractivity contribution in [3.8, 4) is 0 Å². The Hall–Kier alpha value is -2.25. The Labute approximate surface area is 121 Å². The van der Waals surface area contributed by atoms with Gasteiger partial charge in [-0.05, 0) is 18.2 Å². The predicted molar refractivity (Wildman–Crippen MR) is 76.2 cm³/mol. The number of hydrogen-bond donors (Lipinski definition) is 3. The van der Waals surface area contributed by atoms with E-state index in [-0.39, 0.29) is 5.91 Å². The molecule has 0 bridgehead atoms. The van der Waals surface area contributed by atoms with Crippen LogP contribution in [0, 0.1) is 0 Å². The van der Waals surface area contributed by atoms with E-state index in [0.29, 0.717) is 23.4 Å². The molecule has 1 aromatic rings. The van der Waals surface area contributed by atoms with Crippen molar-refractivity contribution in [1.82, 2.24) is 15.5 Å². The molecule has 1 fully saturated rings. The Morgan fingerprint density at radius 2 is 1.86 bits per heavy atom. The fraction of sp³-hybridized carbons (Fsp3) is 0.357. The summed E-state index contributed by atoms with van der Waals surface area (Å²) < 4.78 is 0. The summed E-state index contributed by atoms with van der Waals surface area (Å²) in [7, 11) is 0. The zero-order chi connectivity index (χ0) is 14.8. The minimum atomic E-state index is -0.423. The molecule has 110 valence electrons. The van der Waals surface area contributed by atoms with Gasteiger partial charge in [-0.15, -0.1) is 0 Å². The number of imide groups is 1. The molecule has 0 spiro atoms. The second-order valence-electron chi connectivity index (χ2n) is 5.12. The van der Waals surface area contributed by atoms with E-state index in [2.05, 4.69) is 20.9 Å². The van der Waals surface area contributed by atoms with E-state index >= 15 is 0 Å². The standard InChI is InChI=1S/C14H16N4O3/c19-12(8-18-5-3-15-4-6-18)16-9-1-2-10-11(7-9)14(21)17-13(10)20/h1-2,7,15H,3-6,8H2,(H,16,19)(H,17,20,21). The Balaban J connectivity index is 1.65. The number of carbonyl (C=O) groups excluding carboxylic acids is 3. The highest BCUT2D eigenvalue weighted by molar-refractivity contribution is 6.22. The first kappa shape index (κ1) is 13.7. The van der Waals surface area contributed by atoms with E-state index in [1.807, 2.05) is 0 Å². The van der Waals surface area contributed by atoms with Crippen molar-refractivity contribution >= 4 is 23.4 Å². The van der Waals surface area contributed by atoms with Crippen molar-refractivity contribution in [2.24, 2.45) is 0 Å². The minimum absolute atomic E-state index is 0.124. The third-order valence-electron chi connectivity index (χ3n) is 3.60. The van der Waals surface area contributed by atoms with Gasteiger partial charge < -0.3 is 10.6 Å². The molecule has 7 nitrogen and oxygen atoms in total. The molecular formula is C14H16N4O3. The molecule has 3 N–H and O–H groups in total. The Morgan fingerprint density at radius 3 is 2.62 bits per heavy atom. The van der Waals surface area contributed by atoms with Gasteiger partial charge in [0.1, 0.15) is 0 Å². The largest absolute Gasteiger partial charge is 0.325 e. The number of anilines is 1. The first-order valence-electron chi connectivity index (χ1n) is 6.86. The van der Waals surface area contributed by atoms with Crippen LogP contribution in [0.4, 0.5) is 5.69 Å². The van der Waals surface area contributed by atoms with Crippen LogP contribution in [0.1, 0.15) is 20.7 Å². The average Bonchev–Trinajstić information content (AvgIpc) is 2.74. The fourth-order valence-corrected chi connectivity index (χ4v) is 2.52. The lowest BCUT2D eigenvalue weighted by Gasteiger charge is -2.26. The molecule has 1 saturated heterocycles. The molecule has 21 heavy (non-hydrogen) atoms. The van der Waals surface area contributed by atoms with Crippen molar-refractivity contribution in [2.75, 3.05) is 38.0 Å². The van der Waals surface area contributed by atoms with Crippen LogP contribution in [0.25, 0.3) is 0 Å². The van der Waals surface area contributed by atoms with E-state index in [1.54, 1.807) is 12.1 Å². The molecule has 2 aliphatic heterocycles. The SMILES string of the molecule is O=C(CN1CCNCC1)Nc1ccc2c(c1)C(=O)NC2=O. The lowest BCUT2D eigenvalue weighted by Crippen LogP contribution is -2.46. The summed E-state index contributed by atoms with van der Waals surface area (Å²) in [6.45, 7) is 3.77. The number of nitrogens with zero attached hydrogens (tertiary/aromatic N) is 1. The summed E-state index contributed by atoms with van der Waals surface area (Å²) in [5.41, 5.74) is 1.18. The number of nitrogens with one attached hydrogen (secondary N) is 3. The number of hydrogen-bond acceptors (Lipinski definition) is 5. The average molecular weight is 288 g/mol. The molecule has 0 unspecified atom stereocenters. The van der Waals surface area contributed by atoms with Crippen molar-refractivity contribution in [1.29, 1.82) is 0 Å². The zero-order valence-electron chi connectivity index (χ0n) is 11.4. The molecule has 0 aromatic heterocycles. The normalized spacial score (nSPS) is 18.3. The molecule has 3 rings (SSSR count). The van der Waals surface area contributed by atoms with Crippen molar-refractivity contribution < 1.29 is 14.4 Å². The predicted octanol–water partition coefficient (Wildman–Crippen LogP) is -0.586. The molecule has 0 radical (unpaired) electrons. The molecule has 0 saturated carbocycles. The summed E-state index contributed by atoms with van der Waals surface area (Å²) in [5.74, 6) is -0.941. The van der Waals surface area contributed by atoms with E-state index in [1.165, 1.54) is 6.07 Å². The topological polar surface area (TPSA) is 90.5 Å². The maximum atomic E-state index is 12.0. The second-order valence-corrected chi connectivity index (χ2v) is 5.12. The number of rotatable bonds is 3. The van der Waals surface area contributed by atoms with Gasteiger partial charge in [-0.3, -0.25) is 24.6 Å². The third kappa shape index (κ3) is 2.93. The first-order chi connectivity index (χ1) is 10.1. The van der Waals surface area contributed by atoms with Crippen LogP contribution in [0.5, 0.6) is 0 Å². The van der Waals surface area contributed by atoms with Crippen LogP contribution in [0.2, 0.25) is 0 Å². The van der Waals surface area contributed by atoms with E-state index < -0.39 is 11.8 Å². The molecule has 7 heteroatoms. The summed E-state index contributed by atoms with van der Waals surface area (Å²) in [6, 6.07) is 4.72. The minimum Gasteiger partial charge on any atom is -0.325 e. The highest BCUT2D eigenvalue weighted by Gasteiger charge is 2.26. The van der Waals surface area contributed by atoms with Gasteiger partial charge in [0.25, 0.3) is 11.8 Å². The van der Waals surface area contributed by atoms with Gasteiger partial charge in [-0.2, -0.15) is 0 Å². The molecular weight excluding hydrogens is 272 g/mol. The maximum absolute atomic E-state index is 12.0. The number of benzene rings is 1. The van der Waals surface area contributed by atoms with Gasteiger partial charge in [0, 0.05) is 31.9 Å². The third-order valence-corrected chi connectivity index (χ3v) is 3.60. The van der Waals surface area contributed by atoms with Crippen LogP contribution < -0.4 is 16.0 Å². The highest BCUT2D eigenvalue weighted by Crippen LogP contribution is 2.20.